The third-order valence-electron chi connectivity index (χ3n) is 7.23. The Hall–Kier alpha value is -4.12. The van der Waals surface area contributed by atoms with Crippen LogP contribution in [0.5, 0.6) is 0 Å². The van der Waals surface area contributed by atoms with E-state index < -0.39 is 0 Å². The molecular weight excluding hydrogens is 544 g/mol. The van der Waals surface area contributed by atoms with Gasteiger partial charge in [0.1, 0.15) is 5.52 Å². The van der Waals surface area contributed by atoms with Gasteiger partial charge < -0.3 is 15.6 Å². The summed E-state index contributed by atoms with van der Waals surface area (Å²) in [6, 6.07) is 15.7. The zero-order chi connectivity index (χ0) is 27.1. The van der Waals surface area contributed by atoms with Gasteiger partial charge in [0.2, 0.25) is 5.91 Å². The minimum atomic E-state index is 0.0143. The van der Waals surface area contributed by atoms with Crippen molar-refractivity contribution in [3.8, 4) is 33.2 Å². The van der Waals surface area contributed by atoms with Crippen LogP contribution in [-0.2, 0) is 4.79 Å². The molecule has 0 spiro atoms. The minimum absolute atomic E-state index is 0.0143. The van der Waals surface area contributed by atoms with Crippen LogP contribution >= 0.6 is 22.9 Å². The van der Waals surface area contributed by atoms with Gasteiger partial charge in [-0.2, -0.15) is 5.10 Å². The maximum atomic E-state index is 12.7. The average Bonchev–Trinajstić information content (AvgIpc) is 3.71. The second-order valence-corrected chi connectivity index (χ2v) is 11.7. The summed E-state index contributed by atoms with van der Waals surface area (Å²) in [6.07, 6.45) is 5.98. The van der Waals surface area contributed by atoms with E-state index in [0.717, 1.165) is 68.5 Å². The lowest BCUT2D eigenvalue weighted by Crippen LogP contribution is -2.30. The highest BCUT2D eigenvalue weighted by Gasteiger charge is 2.19. The predicted octanol–water partition coefficient (Wildman–Crippen LogP) is 6.27. The van der Waals surface area contributed by atoms with Gasteiger partial charge in [-0.05, 0) is 68.2 Å². The van der Waals surface area contributed by atoms with Crippen LogP contribution in [0.2, 0.25) is 4.34 Å². The Labute approximate surface area is 238 Å². The molecule has 4 N–H and O–H groups in total. The molecule has 11 heteroatoms. The van der Waals surface area contributed by atoms with Crippen LogP contribution in [0.1, 0.15) is 19.3 Å². The summed E-state index contributed by atoms with van der Waals surface area (Å²) in [6.45, 7) is 1.94. The molecule has 1 aliphatic heterocycles. The molecule has 0 unspecified atom stereocenters. The SMILES string of the molecule is O=C(CC1CCNCC1)Nc1cncc(-c2ccc3[nH]nc(-c4nc5c(-c6ccc(Cl)s6)cccc5[nH]4)c3n2)c1. The number of hydrogen-bond donors (Lipinski definition) is 4. The van der Waals surface area contributed by atoms with E-state index in [1.54, 1.807) is 12.4 Å². The van der Waals surface area contributed by atoms with Gasteiger partial charge in [0, 0.05) is 28.6 Å². The average molecular weight is 569 g/mol. The largest absolute Gasteiger partial charge is 0.336 e. The molecule has 9 nitrogen and oxygen atoms in total. The van der Waals surface area contributed by atoms with Crippen molar-refractivity contribution in [2.45, 2.75) is 19.3 Å². The van der Waals surface area contributed by atoms with Crippen LogP contribution < -0.4 is 10.6 Å². The number of carbonyl (C=O) groups excluding carboxylic acids is 1. The number of pyridine rings is 2. The molecule has 0 radical (unpaired) electrons. The van der Waals surface area contributed by atoms with E-state index in [9.17, 15) is 4.79 Å². The first-order valence-electron chi connectivity index (χ1n) is 13.2. The fraction of sp³-hybridized carbons (Fsp3) is 0.207. The van der Waals surface area contributed by atoms with E-state index in [-0.39, 0.29) is 5.91 Å². The zero-order valence-corrected chi connectivity index (χ0v) is 22.9. The number of thiophene rings is 1. The summed E-state index contributed by atoms with van der Waals surface area (Å²) in [5.41, 5.74) is 7.06. The smallest absolute Gasteiger partial charge is 0.224 e. The molecule has 1 amide bonds. The van der Waals surface area contributed by atoms with E-state index in [4.69, 9.17) is 21.6 Å². The van der Waals surface area contributed by atoms with Crippen molar-refractivity contribution in [1.82, 2.24) is 35.5 Å². The lowest BCUT2D eigenvalue weighted by atomic mass is 9.94. The highest BCUT2D eigenvalue weighted by atomic mass is 35.5. The number of nitrogens with zero attached hydrogens (tertiary/aromatic N) is 4. The second-order valence-electron chi connectivity index (χ2n) is 9.96. The highest BCUT2D eigenvalue weighted by molar-refractivity contribution is 7.19. The second kappa shape index (κ2) is 10.5. The summed E-state index contributed by atoms with van der Waals surface area (Å²) in [4.78, 5) is 31.3. The van der Waals surface area contributed by atoms with E-state index >= 15 is 0 Å². The van der Waals surface area contributed by atoms with Crippen molar-refractivity contribution >= 4 is 56.6 Å². The third-order valence-corrected chi connectivity index (χ3v) is 8.50. The van der Waals surface area contributed by atoms with E-state index in [1.807, 2.05) is 48.5 Å². The molecule has 5 aromatic heterocycles. The number of anilines is 1. The highest BCUT2D eigenvalue weighted by Crippen LogP contribution is 2.36. The van der Waals surface area contributed by atoms with Gasteiger partial charge in [0.05, 0.1) is 38.5 Å². The number of aromatic amines is 2. The van der Waals surface area contributed by atoms with Gasteiger partial charge in [-0.25, -0.2) is 9.97 Å². The number of para-hydroxylation sites is 1. The Balaban J connectivity index is 1.19. The fourth-order valence-electron chi connectivity index (χ4n) is 5.24. The molecule has 40 heavy (non-hydrogen) atoms. The van der Waals surface area contributed by atoms with Crippen LogP contribution in [0.15, 0.2) is 60.9 Å². The van der Waals surface area contributed by atoms with Crippen molar-refractivity contribution in [3.05, 3.63) is 65.3 Å². The van der Waals surface area contributed by atoms with Crippen LogP contribution in [0, 0.1) is 5.92 Å². The number of hydrogen-bond acceptors (Lipinski definition) is 7. The van der Waals surface area contributed by atoms with Gasteiger partial charge in [-0.1, -0.05) is 23.7 Å². The molecule has 0 aliphatic carbocycles. The zero-order valence-electron chi connectivity index (χ0n) is 21.4. The lowest BCUT2D eigenvalue weighted by molar-refractivity contribution is -0.117. The van der Waals surface area contributed by atoms with Crippen LogP contribution in [0.3, 0.4) is 0 Å². The summed E-state index contributed by atoms with van der Waals surface area (Å²) < 4.78 is 0.734. The van der Waals surface area contributed by atoms with E-state index in [2.05, 4.69) is 30.8 Å². The van der Waals surface area contributed by atoms with Gasteiger partial charge in [-0.15, -0.1) is 11.3 Å². The molecular formula is C29H25ClN8OS. The van der Waals surface area contributed by atoms with Crippen molar-refractivity contribution in [2.75, 3.05) is 18.4 Å². The summed E-state index contributed by atoms with van der Waals surface area (Å²) >= 11 is 7.71. The molecule has 7 rings (SSSR count). The van der Waals surface area contributed by atoms with Gasteiger partial charge >= 0.3 is 0 Å². The predicted molar refractivity (Wildman–Crippen MR) is 159 cm³/mol. The molecule has 1 aliphatic rings. The summed E-state index contributed by atoms with van der Waals surface area (Å²) in [5, 5.41) is 14.0. The molecule has 6 heterocycles. The molecule has 0 saturated carbocycles. The Morgan fingerprint density at radius 3 is 2.77 bits per heavy atom. The molecule has 6 aromatic rings. The molecule has 1 fully saturated rings. The normalized spacial score (nSPS) is 14.2. The van der Waals surface area contributed by atoms with Crippen LogP contribution in [-0.4, -0.2) is 49.1 Å². The number of halogens is 1. The molecule has 200 valence electrons. The lowest BCUT2D eigenvalue weighted by Gasteiger charge is -2.21. The van der Waals surface area contributed by atoms with Crippen molar-refractivity contribution in [1.29, 1.82) is 0 Å². The van der Waals surface area contributed by atoms with Crippen LogP contribution in [0.4, 0.5) is 5.69 Å². The number of rotatable bonds is 6. The minimum Gasteiger partial charge on any atom is -0.336 e. The van der Waals surface area contributed by atoms with Crippen molar-refractivity contribution < 1.29 is 4.79 Å². The number of benzene rings is 1. The molecule has 0 atom stereocenters. The number of carbonyl (C=O) groups is 1. The Morgan fingerprint density at radius 2 is 1.93 bits per heavy atom. The standard InChI is InChI=1S/C29H25ClN8OS/c30-24-7-6-23(40-24)19-2-1-3-21-26(19)36-29(35-21)28-27-22(37-38-28)5-4-20(34-27)17-13-18(15-32-14-17)33-25(39)12-16-8-10-31-11-9-16/h1-7,13-16,31H,8-12H2,(H,33,39)(H,35,36)(H,37,38). The maximum Gasteiger partial charge on any atom is 0.224 e. The monoisotopic (exact) mass is 568 g/mol. The Kier molecular flexibility index (Phi) is 6.51. The van der Waals surface area contributed by atoms with Crippen LogP contribution in [0.25, 0.3) is 55.3 Å². The molecule has 1 saturated heterocycles. The number of aromatic nitrogens is 6. The van der Waals surface area contributed by atoms with Crippen molar-refractivity contribution in [2.24, 2.45) is 5.92 Å². The first-order valence-corrected chi connectivity index (χ1v) is 14.4. The molecule has 0 bridgehead atoms. The number of H-pyrrole nitrogens is 2. The first kappa shape index (κ1) is 24.9. The van der Waals surface area contributed by atoms with Gasteiger partial charge in [0.25, 0.3) is 0 Å². The quantitative estimate of drug-likeness (QED) is 0.188. The van der Waals surface area contributed by atoms with Gasteiger partial charge in [0.15, 0.2) is 11.5 Å². The third kappa shape index (κ3) is 4.85. The summed E-state index contributed by atoms with van der Waals surface area (Å²) in [5.74, 6) is 1.05. The number of amides is 1. The van der Waals surface area contributed by atoms with Crippen molar-refractivity contribution in [3.63, 3.8) is 0 Å². The van der Waals surface area contributed by atoms with E-state index in [0.29, 0.717) is 35.1 Å². The Morgan fingerprint density at radius 1 is 1.02 bits per heavy atom. The first-order chi connectivity index (χ1) is 19.6. The number of piperidine rings is 1. The topological polar surface area (TPSA) is 124 Å². The molecule has 1 aromatic carbocycles. The summed E-state index contributed by atoms with van der Waals surface area (Å²) in [7, 11) is 0. The van der Waals surface area contributed by atoms with Gasteiger partial charge in [-0.3, -0.25) is 14.9 Å². The fourth-order valence-corrected chi connectivity index (χ4v) is 6.30. The maximum absolute atomic E-state index is 12.7. The number of imidazole rings is 1. The number of fused-ring (bicyclic) bond motifs is 2. The Bertz CT molecular complexity index is 1850. The number of nitrogens with one attached hydrogen (secondary N) is 4. The van der Waals surface area contributed by atoms with E-state index in [1.165, 1.54) is 11.3 Å².